The third-order valence-electron chi connectivity index (χ3n) is 4.82. The quantitative estimate of drug-likeness (QED) is 0.857. The van der Waals surface area contributed by atoms with Gasteiger partial charge in [-0.3, -0.25) is 4.57 Å². The lowest BCUT2D eigenvalue weighted by molar-refractivity contribution is 0.291. The van der Waals surface area contributed by atoms with E-state index in [-0.39, 0.29) is 23.7 Å². The molecule has 0 bridgehead atoms. The van der Waals surface area contributed by atoms with Crippen LogP contribution in [0.2, 0.25) is 0 Å². The molecule has 7 heteroatoms. The van der Waals surface area contributed by atoms with Gasteiger partial charge in [0.05, 0.1) is 5.56 Å². The van der Waals surface area contributed by atoms with Crippen molar-refractivity contribution in [3.8, 4) is 11.9 Å². The van der Waals surface area contributed by atoms with E-state index in [0.717, 1.165) is 25.2 Å². The first kappa shape index (κ1) is 15.6. The number of benzene rings is 1. The number of piperidine rings is 1. The van der Waals surface area contributed by atoms with Gasteiger partial charge < -0.3 is 9.64 Å². The van der Waals surface area contributed by atoms with Crippen LogP contribution in [0, 0.1) is 17.1 Å². The van der Waals surface area contributed by atoms with Gasteiger partial charge in [0.2, 0.25) is 5.88 Å². The maximum absolute atomic E-state index is 13.4. The van der Waals surface area contributed by atoms with Crippen molar-refractivity contribution >= 4 is 5.82 Å². The Morgan fingerprint density at radius 1 is 1.36 bits per heavy atom. The van der Waals surface area contributed by atoms with Gasteiger partial charge in [-0.05, 0) is 37.0 Å². The van der Waals surface area contributed by atoms with Gasteiger partial charge in [-0.1, -0.05) is 6.07 Å². The lowest BCUT2D eigenvalue weighted by Gasteiger charge is -2.30. The van der Waals surface area contributed by atoms with E-state index < -0.39 is 5.82 Å². The molecule has 2 aromatic rings. The van der Waals surface area contributed by atoms with Gasteiger partial charge in [-0.15, -0.1) is 0 Å². The van der Waals surface area contributed by atoms with Crippen molar-refractivity contribution in [2.45, 2.75) is 38.5 Å². The number of aromatic nitrogens is 2. The van der Waals surface area contributed by atoms with Gasteiger partial charge in [0.15, 0.2) is 0 Å². The van der Waals surface area contributed by atoms with E-state index in [2.05, 4.69) is 9.88 Å². The molecule has 25 heavy (non-hydrogen) atoms. The second-order valence-corrected chi connectivity index (χ2v) is 6.40. The summed E-state index contributed by atoms with van der Waals surface area (Å²) in [6.07, 6.45) is 3.39. The summed E-state index contributed by atoms with van der Waals surface area (Å²) in [6.45, 7) is 1.75. The molecule has 1 atom stereocenters. The predicted octanol–water partition coefficient (Wildman–Crippen LogP) is 2.21. The molecule has 2 aliphatic heterocycles. The van der Waals surface area contributed by atoms with Crippen LogP contribution in [0.5, 0.6) is 5.88 Å². The molecule has 1 fully saturated rings. The van der Waals surface area contributed by atoms with Crippen molar-refractivity contribution in [3.63, 3.8) is 0 Å². The second-order valence-electron chi connectivity index (χ2n) is 6.40. The molecular weight excluding hydrogens is 323 g/mol. The lowest BCUT2D eigenvalue weighted by atomic mass is 10.0. The van der Waals surface area contributed by atoms with Gasteiger partial charge in [0.25, 0.3) is 0 Å². The van der Waals surface area contributed by atoms with E-state index >= 15 is 0 Å². The summed E-state index contributed by atoms with van der Waals surface area (Å²) in [5.41, 5.74) is 0.314. The fourth-order valence-corrected chi connectivity index (χ4v) is 3.56. The Balaban J connectivity index is 1.56. The van der Waals surface area contributed by atoms with Crippen LogP contribution in [0.3, 0.4) is 0 Å². The number of nitrogens with zero attached hydrogens (tertiary/aromatic N) is 4. The predicted molar refractivity (Wildman–Crippen MR) is 88.9 cm³/mol. The molecule has 0 radical (unpaired) electrons. The Morgan fingerprint density at radius 3 is 3.08 bits per heavy atom. The van der Waals surface area contributed by atoms with Gasteiger partial charge in [0, 0.05) is 25.2 Å². The van der Waals surface area contributed by atoms with E-state index in [0.29, 0.717) is 18.2 Å². The Hall–Kier alpha value is -2.88. The minimum Gasteiger partial charge on any atom is -0.473 e. The Morgan fingerprint density at radius 2 is 2.24 bits per heavy atom. The molecule has 6 nitrogen and oxygen atoms in total. The smallest absolute Gasteiger partial charge is 0.352 e. The fourth-order valence-electron chi connectivity index (χ4n) is 3.56. The molecule has 1 unspecified atom stereocenters. The Bertz CT molecular complexity index is 918. The molecule has 3 heterocycles. The highest BCUT2D eigenvalue weighted by molar-refractivity contribution is 5.47. The van der Waals surface area contributed by atoms with Crippen molar-refractivity contribution < 1.29 is 9.13 Å². The van der Waals surface area contributed by atoms with Gasteiger partial charge in [-0.2, -0.15) is 10.2 Å². The van der Waals surface area contributed by atoms with Crippen LogP contribution >= 0.6 is 0 Å². The highest BCUT2D eigenvalue weighted by atomic mass is 19.1. The zero-order valence-electron chi connectivity index (χ0n) is 13.6. The number of hydrogen-bond acceptors (Lipinski definition) is 5. The Kier molecular flexibility index (Phi) is 3.88. The van der Waals surface area contributed by atoms with E-state index in [9.17, 15) is 9.18 Å². The highest BCUT2D eigenvalue weighted by Gasteiger charge is 2.32. The van der Waals surface area contributed by atoms with Crippen LogP contribution in [0.15, 0.2) is 29.1 Å². The van der Waals surface area contributed by atoms with Crippen LogP contribution in [-0.4, -0.2) is 22.1 Å². The van der Waals surface area contributed by atoms with E-state index in [4.69, 9.17) is 10.00 Å². The van der Waals surface area contributed by atoms with Gasteiger partial charge in [0.1, 0.15) is 24.3 Å². The van der Waals surface area contributed by atoms with E-state index in [1.807, 2.05) is 0 Å². The number of rotatable bonds is 3. The molecule has 0 spiro atoms. The van der Waals surface area contributed by atoms with Gasteiger partial charge >= 0.3 is 5.69 Å². The molecular formula is C18H17FN4O2. The SMILES string of the molecule is N#Cc1cc(COc2cc3n(c(=O)n2)CC2CCCCN32)ccc1F. The summed E-state index contributed by atoms with van der Waals surface area (Å²) in [5.74, 6) is 0.554. The van der Waals surface area contributed by atoms with Crippen molar-refractivity contribution in [1.82, 2.24) is 9.55 Å². The molecule has 1 aromatic carbocycles. The number of ether oxygens (including phenoxy) is 1. The zero-order chi connectivity index (χ0) is 17.4. The monoisotopic (exact) mass is 340 g/mol. The molecule has 128 valence electrons. The van der Waals surface area contributed by atoms with Crippen molar-refractivity contribution in [3.05, 3.63) is 51.7 Å². The van der Waals surface area contributed by atoms with Crippen LogP contribution in [0.1, 0.15) is 30.4 Å². The number of anilines is 1. The lowest BCUT2D eigenvalue weighted by Crippen LogP contribution is -2.36. The average Bonchev–Trinajstić information content (AvgIpc) is 3.00. The molecule has 0 aliphatic carbocycles. The molecule has 1 aromatic heterocycles. The highest BCUT2D eigenvalue weighted by Crippen LogP contribution is 2.32. The molecule has 0 N–H and O–H groups in total. The fraction of sp³-hybridized carbons (Fsp3) is 0.389. The molecule has 0 saturated carbocycles. The first-order chi connectivity index (χ1) is 12.2. The minimum atomic E-state index is -0.559. The second kappa shape index (κ2) is 6.20. The minimum absolute atomic E-state index is 0.0285. The number of fused-ring (bicyclic) bond motifs is 3. The van der Waals surface area contributed by atoms with Crippen molar-refractivity contribution in [1.29, 1.82) is 5.26 Å². The molecule has 1 saturated heterocycles. The average molecular weight is 340 g/mol. The van der Waals surface area contributed by atoms with Crippen molar-refractivity contribution in [2.24, 2.45) is 0 Å². The van der Waals surface area contributed by atoms with Crippen molar-refractivity contribution in [2.75, 3.05) is 11.4 Å². The summed E-state index contributed by atoms with van der Waals surface area (Å²) >= 11 is 0. The summed E-state index contributed by atoms with van der Waals surface area (Å²) < 4.78 is 20.7. The van der Waals surface area contributed by atoms with Crippen LogP contribution < -0.4 is 15.3 Å². The van der Waals surface area contributed by atoms with Gasteiger partial charge in [-0.25, -0.2) is 9.18 Å². The standard InChI is InChI=1S/C18H17FN4O2/c19-15-5-4-12(7-13(15)9-20)11-25-16-8-17-22-6-2-1-3-14(22)10-23(17)18(24)21-16/h4-5,7-8,14H,1-3,6,10-11H2. The maximum Gasteiger partial charge on any atom is 0.352 e. The summed E-state index contributed by atoms with van der Waals surface area (Å²) in [7, 11) is 0. The van der Waals surface area contributed by atoms with Crippen LogP contribution in [0.4, 0.5) is 10.2 Å². The first-order valence-corrected chi connectivity index (χ1v) is 8.35. The first-order valence-electron chi connectivity index (χ1n) is 8.35. The Labute approximate surface area is 144 Å². The van der Waals surface area contributed by atoms with Crippen LogP contribution in [-0.2, 0) is 13.2 Å². The number of hydrogen-bond donors (Lipinski definition) is 0. The topological polar surface area (TPSA) is 71.1 Å². The number of halogens is 1. The van der Waals surface area contributed by atoms with E-state index in [1.54, 1.807) is 22.8 Å². The maximum atomic E-state index is 13.4. The summed E-state index contributed by atoms with van der Waals surface area (Å²) in [6, 6.07) is 8.19. The zero-order valence-corrected chi connectivity index (χ0v) is 13.6. The third-order valence-corrected chi connectivity index (χ3v) is 4.82. The van der Waals surface area contributed by atoms with E-state index in [1.165, 1.54) is 18.6 Å². The molecule has 4 rings (SSSR count). The molecule has 0 amide bonds. The number of nitriles is 1. The summed E-state index contributed by atoms with van der Waals surface area (Å²) in [5, 5.41) is 8.89. The summed E-state index contributed by atoms with van der Waals surface area (Å²) in [4.78, 5) is 18.5. The normalized spacial score (nSPS) is 18.4. The van der Waals surface area contributed by atoms with Crippen LogP contribution in [0.25, 0.3) is 0 Å². The third kappa shape index (κ3) is 2.84. The largest absolute Gasteiger partial charge is 0.473 e. The molecule has 2 aliphatic rings.